The summed E-state index contributed by atoms with van der Waals surface area (Å²) in [5.41, 5.74) is 3.12. The van der Waals surface area contributed by atoms with Crippen LogP contribution in [0.5, 0.6) is 5.75 Å². The number of carbonyl (C=O) groups excluding carboxylic acids is 1. The van der Waals surface area contributed by atoms with Crippen LogP contribution in [0.25, 0.3) is 0 Å². The number of guanidine groups is 1. The van der Waals surface area contributed by atoms with E-state index in [0.717, 1.165) is 48.0 Å². The Morgan fingerprint density at radius 3 is 2.70 bits per heavy atom. The van der Waals surface area contributed by atoms with E-state index in [1.807, 2.05) is 60.4 Å². The average molecular weight is 407 g/mol. The predicted molar refractivity (Wildman–Crippen MR) is 122 cm³/mol. The molecule has 2 aromatic rings. The third-order valence-corrected chi connectivity index (χ3v) is 4.86. The first-order chi connectivity index (χ1) is 14.7. The quantitative estimate of drug-likeness (QED) is 0.379. The molecule has 6 heteroatoms. The first kappa shape index (κ1) is 21.4. The highest BCUT2D eigenvalue weighted by Gasteiger charge is 2.21. The summed E-state index contributed by atoms with van der Waals surface area (Å²) < 4.78 is 5.72. The van der Waals surface area contributed by atoms with Gasteiger partial charge in [-0.1, -0.05) is 43.0 Å². The van der Waals surface area contributed by atoms with Gasteiger partial charge in [0.25, 0.3) is 0 Å². The number of hydrogen-bond donors (Lipinski definition) is 2. The Bertz CT molecular complexity index is 877. The molecule has 1 amide bonds. The molecule has 0 atom stereocenters. The normalized spacial score (nSPS) is 14.0. The molecular formula is C24H30N4O2. The van der Waals surface area contributed by atoms with Crippen molar-refractivity contribution in [3.63, 3.8) is 0 Å². The summed E-state index contributed by atoms with van der Waals surface area (Å²) in [6, 6.07) is 16.0. The second-order valence-electron chi connectivity index (χ2n) is 7.07. The van der Waals surface area contributed by atoms with Gasteiger partial charge in [0.2, 0.25) is 5.91 Å². The fourth-order valence-corrected chi connectivity index (χ4v) is 3.33. The van der Waals surface area contributed by atoms with Crippen LogP contribution in [0.15, 0.2) is 66.2 Å². The summed E-state index contributed by atoms with van der Waals surface area (Å²) in [6.07, 6.45) is 3.32. The summed E-state index contributed by atoms with van der Waals surface area (Å²) in [7, 11) is 0. The van der Waals surface area contributed by atoms with Crippen LogP contribution >= 0.6 is 0 Å². The Hall–Kier alpha value is -3.28. The molecule has 0 spiro atoms. The van der Waals surface area contributed by atoms with E-state index in [0.29, 0.717) is 26.1 Å². The zero-order chi connectivity index (χ0) is 21.2. The van der Waals surface area contributed by atoms with E-state index in [-0.39, 0.29) is 5.91 Å². The smallest absolute Gasteiger partial charge is 0.227 e. The zero-order valence-electron chi connectivity index (χ0n) is 17.6. The number of amides is 1. The summed E-state index contributed by atoms with van der Waals surface area (Å²) in [5, 5.41) is 6.64. The molecular weight excluding hydrogens is 376 g/mol. The Labute approximate surface area is 178 Å². The number of nitrogens with one attached hydrogen (secondary N) is 2. The van der Waals surface area contributed by atoms with Crippen LogP contribution in [0.1, 0.15) is 30.9 Å². The van der Waals surface area contributed by atoms with Crippen LogP contribution < -0.4 is 20.3 Å². The number of rotatable bonds is 9. The topological polar surface area (TPSA) is 66.0 Å². The van der Waals surface area contributed by atoms with E-state index in [4.69, 9.17) is 4.74 Å². The molecule has 3 rings (SSSR count). The SMILES string of the molecule is C=CCOc1ccccc1CNC(=NCc1ccc(N2CCCC2=O)cc1)NCC. The first-order valence-electron chi connectivity index (χ1n) is 10.4. The van der Waals surface area contributed by atoms with Crippen molar-refractivity contribution >= 4 is 17.6 Å². The van der Waals surface area contributed by atoms with Crippen molar-refractivity contribution in [2.24, 2.45) is 4.99 Å². The van der Waals surface area contributed by atoms with Gasteiger partial charge in [-0.05, 0) is 37.1 Å². The largest absolute Gasteiger partial charge is 0.489 e. The second kappa shape index (κ2) is 11.0. The van der Waals surface area contributed by atoms with Gasteiger partial charge < -0.3 is 20.3 Å². The summed E-state index contributed by atoms with van der Waals surface area (Å²) >= 11 is 0. The molecule has 158 valence electrons. The molecule has 0 radical (unpaired) electrons. The highest BCUT2D eigenvalue weighted by Crippen LogP contribution is 2.22. The Balaban J connectivity index is 1.61. The highest BCUT2D eigenvalue weighted by molar-refractivity contribution is 5.95. The summed E-state index contributed by atoms with van der Waals surface area (Å²) in [4.78, 5) is 18.4. The minimum absolute atomic E-state index is 0.205. The lowest BCUT2D eigenvalue weighted by Gasteiger charge is -2.16. The van der Waals surface area contributed by atoms with E-state index >= 15 is 0 Å². The van der Waals surface area contributed by atoms with E-state index in [1.54, 1.807) is 6.08 Å². The van der Waals surface area contributed by atoms with Crippen LogP contribution in [0, 0.1) is 0 Å². The minimum atomic E-state index is 0.205. The van der Waals surface area contributed by atoms with Crippen molar-refractivity contribution in [3.05, 3.63) is 72.3 Å². The van der Waals surface area contributed by atoms with Gasteiger partial charge in [0.05, 0.1) is 6.54 Å². The molecule has 1 fully saturated rings. The molecule has 1 aliphatic heterocycles. The molecule has 0 aliphatic carbocycles. The van der Waals surface area contributed by atoms with Crippen molar-refractivity contribution in [2.75, 3.05) is 24.6 Å². The van der Waals surface area contributed by atoms with Crippen molar-refractivity contribution in [2.45, 2.75) is 32.9 Å². The Morgan fingerprint density at radius 1 is 1.20 bits per heavy atom. The van der Waals surface area contributed by atoms with Gasteiger partial charge in [0.1, 0.15) is 12.4 Å². The Kier molecular flexibility index (Phi) is 7.89. The molecule has 0 unspecified atom stereocenters. The predicted octanol–water partition coefficient (Wildman–Crippen LogP) is 3.63. The molecule has 0 saturated carbocycles. The maximum Gasteiger partial charge on any atom is 0.227 e. The second-order valence-corrected chi connectivity index (χ2v) is 7.07. The number of nitrogens with zero attached hydrogens (tertiary/aromatic N) is 2. The molecule has 1 aliphatic rings. The number of hydrogen-bond acceptors (Lipinski definition) is 3. The zero-order valence-corrected chi connectivity index (χ0v) is 17.6. The molecule has 30 heavy (non-hydrogen) atoms. The molecule has 2 aromatic carbocycles. The van der Waals surface area contributed by atoms with Crippen molar-refractivity contribution in [1.82, 2.24) is 10.6 Å². The van der Waals surface area contributed by atoms with Crippen LogP contribution in [0.4, 0.5) is 5.69 Å². The fourth-order valence-electron chi connectivity index (χ4n) is 3.33. The summed E-state index contributed by atoms with van der Waals surface area (Å²) in [6.45, 7) is 8.96. The molecule has 1 heterocycles. The van der Waals surface area contributed by atoms with E-state index in [2.05, 4.69) is 22.2 Å². The lowest BCUT2D eigenvalue weighted by Crippen LogP contribution is -2.36. The summed E-state index contributed by atoms with van der Waals surface area (Å²) in [5.74, 6) is 1.79. The number of ether oxygens (including phenoxy) is 1. The van der Waals surface area contributed by atoms with Gasteiger partial charge in [-0.25, -0.2) is 4.99 Å². The maximum absolute atomic E-state index is 11.9. The highest BCUT2D eigenvalue weighted by atomic mass is 16.5. The number of anilines is 1. The Morgan fingerprint density at radius 2 is 2.00 bits per heavy atom. The van der Waals surface area contributed by atoms with E-state index in [1.165, 1.54) is 0 Å². The van der Waals surface area contributed by atoms with Gasteiger partial charge in [-0.15, -0.1) is 0 Å². The molecule has 0 aromatic heterocycles. The average Bonchev–Trinajstić information content (AvgIpc) is 3.21. The number of aliphatic imine (C=N–C) groups is 1. The van der Waals surface area contributed by atoms with Crippen LogP contribution in [-0.4, -0.2) is 31.6 Å². The minimum Gasteiger partial charge on any atom is -0.489 e. The molecule has 2 N–H and O–H groups in total. The van der Waals surface area contributed by atoms with Gasteiger partial charge in [-0.3, -0.25) is 4.79 Å². The van der Waals surface area contributed by atoms with Crippen LogP contribution in [-0.2, 0) is 17.9 Å². The molecule has 1 saturated heterocycles. The molecule has 6 nitrogen and oxygen atoms in total. The van der Waals surface area contributed by atoms with E-state index in [9.17, 15) is 4.79 Å². The van der Waals surface area contributed by atoms with Gasteiger partial charge in [0, 0.05) is 37.3 Å². The van der Waals surface area contributed by atoms with E-state index < -0.39 is 0 Å². The monoisotopic (exact) mass is 406 g/mol. The van der Waals surface area contributed by atoms with Crippen molar-refractivity contribution in [1.29, 1.82) is 0 Å². The fraction of sp³-hybridized carbons (Fsp3) is 0.333. The third-order valence-electron chi connectivity index (χ3n) is 4.86. The number of benzene rings is 2. The third kappa shape index (κ3) is 5.86. The standard InChI is InChI=1S/C24H30N4O2/c1-3-16-30-22-9-6-5-8-20(22)18-27-24(25-4-2)26-17-19-11-13-21(14-12-19)28-15-7-10-23(28)29/h3,5-6,8-9,11-14H,1,4,7,10,15-18H2,2H3,(H2,25,26,27). The number of carbonyl (C=O) groups is 1. The van der Waals surface area contributed by atoms with Crippen LogP contribution in [0.3, 0.4) is 0 Å². The maximum atomic E-state index is 11.9. The molecule has 0 bridgehead atoms. The van der Waals surface area contributed by atoms with Gasteiger partial charge in [0.15, 0.2) is 5.96 Å². The first-order valence-corrected chi connectivity index (χ1v) is 10.4. The number of para-hydroxylation sites is 1. The van der Waals surface area contributed by atoms with Gasteiger partial charge >= 0.3 is 0 Å². The van der Waals surface area contributed by atoms with Crippen LogP contribution in [0.2, 0.25) is 0 Å². The lowest BCUT2D eigenvalue weighted by atomic mass is 10.2. The van der Waals surface area contributed by atoms with Crippen molar-refractivity contribution < 1.29 is 9.53 Å². The van der Waals surface area contributed by atoms with Gasteiger partial charge in [-0.2, -0.15) is 0 Å². The lowest BCUT2D eigenvalue weighted by molar-refractivity contribution is -0.117. The van der Waals surface area contributed by atoms with Crippen molar-refractivity contribution in [3.8, 4) is 5.75 Å².